The number of aromatic nitrogens is 3. The number of hydrogen-bond acceptors (Lipinski definition) is 3. The van der Waals surface area contributed by atoms with E-state index in [1.54, 1.807) is 4.68 Å². The van der Waals surface area contributed by atoms with Crippen molar-refractivity contribution in [1.29, 1.82) is 0 Å². The molecule has 0 unspecified atom stereocenters. The van der Waals surface area contributed by atoms with Gasteiger partial charge in [0, 0.05) is 10.6 Å². The fourth-order valence-corrected chi connectivity index (χ4v) is 2.39. The van der Waals surface area contributed by atoms with E-state index in [0.717, 1.165) is 17.4 Å². The molecule has 0 amide bonds. The lowest BCUT2D eigenvalue weighted by Gasteiger charge is -2.08. The molecular formula is C16H12ClN3O. The van der Waals surface area contributed by atoms with Crippen LogP contribution in [0.4, 0.5) is 0 Å². The number of aldehydes is 1. The smallest absolute Gasteiger partial charge is 0.172 e. The summed E-state index contributed by atoms with van der Waals surface area (Å²) in [6.45, 7) is 0.463. The molecule has 0 saturated heterocycles. The molecule has 4 nitrogen and oxygen atoms in total. The van der Waals surface area contributed by atoms with Gasteiger partial charge in [0.15, 0.2) is 12.0 Å². The van der Waals surface area contributed by atoms with Crippen molar-refractivity contribution in [2.75, 3.05) is 0 Å². The van der Waals surface area contributed by atoms with E-state index in [1.165, 1.54) is 0 Å². The van der Waals surface area contributed by atoms with Crippen LogP contribution in [0.1, 0.15) is 16.1 Å². The van der Waals surface area contributed by atoms with Crippen LogP contribution < -0.4 is 0 Å². The van der Waals surface area contributed by atoms with Crippen LogP contribution in [0, 0.1) is 0 Å². The Morgan fingerprint density at radius 3 is 2.48 bits per heavy atom. The lowest BCUT2D eigenvalue weighted by molar-refractivity contribution is 0.111. The van der Waals surface area contributed by atoms with E-state index in [9.17, 15) is 4.79 Å². The van der Waals surface area contributed by atoms with E-state index in [-0.39, 0.29) is 0 Å². The molecule has 5 heteroatoms. The molecule has 0 aliphatic carbocycles. The van der Waals surface area contributed by atoms with Gasteiger partial charge < -0.3 is 0 Å². The fraction of sp³-hybridized carbons (Fsp3) is 0.0625. The molecule has 1 heterocycles. The summed E-state index contributed by atoms with van der Waals surface area (Å²) in [6, 6.07) is 17.2. The second-order valence-corrected chi connectivity index (χ2v) is 4.96. The predicted octanol–water partition coefficient (Wildman–Crippen LogP) is 3.46. The Morgan fingerprint density at radius 2 is 1.76 bits per heavy atom. The predicted molar refractivity (Wildman–Crippen MR) is 81.4 cm³/mol. The molecule has 0 spiro atoms. The summed E-state index contributed by atoms with van der Waals surface area (Å²) in [5, 5.41) is 8.68. The van der Waals surface area contributed by atoms with Crippen molar-refractivity contribution in [1.82, 2.24) is 15.0 Å². The van der Waals surface area contributed by atoms with Gasteiger partial charge in [-0.1, -0.05) is 65.3 Å². The van der Waals surface area contributed by atoms with Gasteiger partial charge in [0.25, 0.3) is 0 Å². The van der Waals surface area contributed by atoms with Crippen LogP contribution in [-0.4, -0.2) is 21.3 Å². The first-order valence-corrected chi connectivity index (χ1v) is 6.85. The number of carbonyl (C=O) groups is 1. The Labute approximate surface area is 127 Å². The SMILES string of the molecule is O=Cc1nnn(Cc2ccccc2Cl)c1-c1ccccc1. The van der Waals surface area contributed by atoms with Gasteiger partial charge in [-0.25, -0.2) is 4.68 Å². The van der Waals surface area contributed by atoms with Gasteiger partial charge in [-0.2, -0.15) is 0 Å². The molecule has 21 heavy (non-hydrogen) atoms. The minimum atomic E-state index is 0.327. The Kier molecular flexibility index (Phi) is 3.79. The molecule has 1 aromatic heterocycles. The van der Waals surface area contributed by atoms with Crippen LogP contribution >= 0.6 is 11.6 Å². The summed E-state index contributed by atoms with van der Waals surface area (Å²) in [5.74, 6) is 0. The van der Waals surface area contributed by atoms with Crippen molar-refractivity contribution in [2.24, 2.45) is 0 Å². The van der Waals surface area contributed by atoms with Gasteiger partial charge in [0.05, 0.1) is 12.2 Å². The van der Waals surface area contributed by atoms with E-state index in [2.05, 4.69) is 10.3 Å². The number of carbonyl (C=O) groups excluding carboxylic acids is 1. The standard InChI is InChI=1S/C16H12ClN3O/c17-14-9-5-4-8-13(14)10-20-16(15(11-21)18-19-20)12-6-2-1-3-7-12/h1-9,11H,10H2. The van der Waals surface area contributed by atoms with Crippen LogP contribution in [0.25, 0.3) is 11.3 Å². The Bertz CT molecular complexity index is 768. The van der Waals surface area contributed by atoms with Crippen molar-refractivity contribution in [3.8, 4) is 11.3 Å². The van der Waals surface area contributed by atoms with E-state index >= 15 is 0 Å². The largest absolute Gasteiger partial charge is 0.296 e. The van der Waals surface area contributed by atoms with Gasteiger partial charge in [-0.05, 0) is 11.6 Å². The maximum atomic E-state index is 11.2. The van der Waals surface area contributed by atoms with Crippen molar-refractivity contribution in [3.63, 3.8) is 0 Å². The van der Waals surface area contributed by atoms with Gasteiger partial charge >= 0.3 is 0 Å². The van der Waals surface area contributed by atoms with E-state index < -0.39 is 0 Å². The molecule has 0 fully saturated rings. The Morgan fingerprint density at radius 1 is 1.05 bits per heavy atom. The zero-order valence-corrected chi connectivity index (χ0v) is 11.9. The molecule has 0 bridgehead atoms. The van der Waals surface area contributed by atoms with Gasteiger partial charge in [-0.15, -0.1) is 5.10 Å². The zero-order chi connectivity index (χ0) is 14.7. The summed E-state index contributed by atoms with van der Waals surface area (Å²) in [7, 11) is 0. The summed E-state index contributed by atoms with van der Waals surface area (Å²) in [4.78, 5) is 11.2. The van der Waals surface area contributed by atoms with Gasteiger partial charge in [0.2, 0.25) is 0 Å². The Balaban J connectivity index is 2.06. The second kappa shape index (κ2) is 5.89. The van der Waals surface area contributed by atoms with Crippen molar-refractivity contribution in [2.45, 2.75) is 6.54 Å². The third kappa shape index (κ3) is 2.71. The highest BCUT2D eigenvalue weighted by Crippen LogP contribution is 2.23. The van der Waals surface area contributed by atoms with Crippen LogP contribution in [0.15, 0.2) is 54.6 Å². The molecule has 3 aromatic rings. The van der Waals surface area contributed by atoms with Crippen molar-refractivity contribution >= 4 is 17.9 Å². The first-order valence-electron chi connectivity index (χ1n) is 6.47. The van der Waals surface area contributed by atoms with Crippen LogP contribution in [0.5, 0.6) is 0 Å². The average molecular weight is 298 g/mol. The number of rotatable bonds is 4. The third-order valence-corrected chi connectivity index (χ3v) is 3.57. The van der Waals surface area contributed by atoms with Gasteiger partial charge in [0.1, 0.15) is 0 Å². The lowest BCUT2D eigenvalue weighted by Crippen LogP contribution is -2.05. The second-order valence-electron chi connectivity index (χ2n) is 4.56. The highest BCUT2D eigenvalue weighted by atomic mass is 35.5. The van der Waals surface area contributed by atoms with E-state index in [0.29, 0.717) is 23.0 Å². The number of benzene rings is 2. The third-order valence-electron chi connectivity index (χ3n) is 3.20. The minimum Gasteiger partial charge on any atom is -0.296 e. The first kappa shape index (κ1) is 13.5. The van der Waals surface area contributed by atoms with Gasteiger partial charge in [-0.3, -0.25) is 4.79 Å². The number of halogens is 1. The molecule has 0 aliphatic heterocycles. The highest BCUT2D eigenvalue weighted by molar-refractivity contribution is 6.31. The lowest BCUT2D eigenvalue weighted by atomic mass is 10.1. The maximum absolute atomic E-state index is 11.2. The fourth-order valence-electron chi connectivity index (χ4n) is 2.20. The van der Waals surface area contributed by atoms with Crippen LogP contribution in [0.2, 0.25) is 5.02 Å². The molecule has 2 aromatic carbocycles. The Hall–Kier alpha value is -2.46. The summed E-state index contributed by atoms with van der Waals surface area (Å²) >= 11 is 6.18. The van der Waals surface area contributed by atoms with Crippen LogP contribution in [-0.2, 0) is 6.54 Å². The molecule has 0 N–H and O–H groups in total. The molecular weight excluding hydrogens is 286 g/mol. The average Bonchev–Trinajstić information content (AvgIpc) is 2.93. The minimum absolute atomic E-state index is 0.327. The summed E-state index contributed by atoms with van der Waals surface area (Å²) < 4.78 is 1.69. The molecule has 0 radical (unpaired) electrons. The molecule has 3 rings (SSSR count). The summed E-state index contributed by atoms with van der Waals surface area (Å²) in [6.07, 6.45) is 0.721. The molecule has 0 saturated carbocycles. The molecule has 0 atom stereocenters. The van der Waals surface area contributed by atoms with Crippen molar-refractivity contribution in [3.05, 3.63) is 70.9 Å². The van der Waals surface area contributed by atoms with E-state index in [4.69, 9.17) is 11.6 Å². The number of nitrogens with zero attached hydrogens (tertiary/aromatic N) is 3. The topological polar surface area (TPSA) is 47.8 Å². The quantitative estimate of drug-likeness (QED) is 0.693. The monoisotopic (exact) mass is 297 g/mol. The molecule has 0 aliphatic rings. The zero-order valence-electron chi connectivity index (χ0n) is 11.1. The normalized spacial score (nSPS) is 10.5. The highest BCUT2D eigenvalue weighted by Gasteiger charge is 2.15. The maximum Gasteiger partial charge on any atom is 0.172 e. The van der Waals surface area contributed by atoms with E-state index in [1.807, 2.05) is 54.6 Å². The molecule has 104 valence electrons. The van der Waals surface area contributed by atoms with Crippen molar-refractivity contribution < 1.29 is 4.79 Å². The summed E-state index contributed by atoms with van der Waals surface area (Å²) in [5.41, 5.74) is 2.86. The number of hydrogen-bond donors (Lipinski definition) is 0. The first-order chi connectivity index (χ1) is 10.3. The van der Waals surface area contributed by atoms with Crippen LogP contribution in [0.3, 0.4) is 0 Å².